The number of rotatable bonds is 6. The molecule has 136 valence electrons. The van der Waals surface area contributed by atoms with Gasteiger partial charge in [-0.25, -0.2) is 9.67 Å². The summed E-state index contributed by atoms with van der Waals surface area (Å²) in [6.45, 7) is 4.09. The number of hydrogen-bond donors (Lipinski definition) is 1. The maximum atomic E-state index is 11.9. The first-order valence-electron chi connectivity index (χ1n) is 9.00. The molecule has 1 aliphatic rings. The average molecular weight is 352 g/mol. The minimum atomic E-state index is -0.167. The standard InChI is InChI=1S/C20H24N4O2/c1-14-9-15(2)11-17(10-14)19-22-13-24(23-19)8-7-18(25)12-21-20(26)16-5-3-4-6-16/h7-11,13,16H,3-6,12H2,1-2H3,(H,21,26)/b8-7-. The summed E-state index contributed by atoms with van der Waals surface area (Å²) in [5.74, 6) is 0.507. The summed E-state index contributed by atoms with van der Waals surface area (Å²) >= 11 is 0. The van der Waals surface area contributed by atoms with E-state index < -0.39 is 0 Å². The normalized spacial score (nSPS) is 14.8. The van der Waals surface area contributed by atoms with E-state index in [4.69, 9.17) is 0 Å². The van der Waals surface area contributed by atoms with Gasteiger partial charge in [-0.3, -0.25) is 9.59 Å². The second-order valence-corrected chi connectivity index (χ2v) is 6.91. The summed E-state index contributed by atoms with van der Waals surface area (Å²) in [5, 5.41) is 7.09. The molecule has 1 saturated carbocycles. The molecule has 1 N–H and O–H groups in total. The molecule has 1 aliphatic carbocycles. The van der Waals surface area contributed by atoms with Crippen LogP contribution < -0.4 is 5.32 Å². The topological polar surface area (TPSA) is 76.9 Å². The van der Waals surface area contributed by atoms with Gasteiger partial charge in [0, 0.05) is 23.8 Å². The van der Waals surface area contributed by atoms with Crippen molar-refractivity contribution in [3.05, 3.63) is 41.7 Å². The van der Waals surface area contributed by atoms with Crippen molar-refractivity contribution in [1.82, 2.24) is 20.1 Å². The first-order chi connectivity index (χ1) is 12.5. The molecule has 0 unspecified atom stereocenters. The lowest BCUT2D eigenvalue weighted by atomic mass is 10.1. The fourth-order valence-corrected chi connectivity index (χ4v) is 3.31. The Bertz CT molecular complexity index is 812. The lowest BCUT2D eigenvalue weighted by molar-refractivity contribution is -0.126. The Kier molecular flexibility index (Phi) is 5.61. The largest absolute Gasteiger partial charge is 0.348 e. The second-order valence-electron chi connectivity index (χ2n) is 6.91. The van der Waals surface area contributed by atoms with Gasteiger partial charge in [0.1, 0.15) is 6.33 Å². The van der Waals surface area contributed by atoms with Crippen LogP contribution in [0.3, 0.4) is 0 Å². The van der Waals surface area contributed by atoms with Crippen molar-refractivity contribution >= 4 is 17.9 Å². The number of carbonyl (C=O) groups is 2. The number of aryl methyl sites for hydroxylation is 2. The molecule has 1 fully saturated rings. The maximum absolute atomic E-state index is 11.9. The van der Waals surface area contributed by atoms with Crippen LogP contribution in [0.4, 0.5) is 0 Å². The zero-order valence-corrected chi connectivity index (χ0v) is 15.2. The van der Waals surface area contributed by atoms with Crippen molar-refractivity contribution < 1.29 is 9.59 Å². The molecule has 0 aliphatic heterocycles. The van der Waals surface area contributed by atoms with Crippen LogP contribution in [-0.4, -0.2) is 33.0 Å². The van der Waals surface area contributed by atoms with Crippen LogP contribution in [0.5, 0.6) is 0 Å². The van der Waals surface area contributed by atoms with Gasteiger partial charge in [-0.1, -0.05) is 30.0 Å². The van der Waals surface area contributed by atoms with E-state index in [1.165, 1.54) is 10.8 Å². The van der Waals surface area contributed by atoms with Crippen LogP contribution in [0.25, 0.3) is 17.6 Å². The van der Waals surface area contributed by atoms with E-state index in [2.05, 4.69) is 21.5 Å². The minimum absolute atomic E-state index is 0.0119. The highest BCUT2D eigenvalue weighted by Crippen LogP contribution is 2.24. The SMILES string of the molecule is Cc1cc(C)cc(-c2ncn(/C=C\C(=O)CNC(=O)C3CCCC3)n2)c1. The number of nitrogens with one attached hydrogen (secondary N) is 1. The molecule has 1 heterocycles. The van der Waals surface area contributed by atoms with Gasteiger partial charge in [0.25, 0.3) is 0 Å². The van der Waals surface area contributed by atoms with Gasteiger partial charge in [0.2, 0.25) is 5.91 Å². The van der Waals surface area contributed by atoms with Crippen LogP contribution in [0.2, 0.25) is 0 Å². The van der Waals surface area contributed by atoms with Crippen molar-refractivity contribution in [2.45, 2.75) is 39.5 Å². The molecule has 3 rings (SSSR count). The third-order valence-electron chi connectivity index (χ3n) is 4.56. The molecule has 0 saturated heterocycles. The smallest absolute Gasteiger partial charge is 0.223 e. The van der Waals surface area contributed by atoms with Crippen molar-refractivity contribution in [3.8, 4) is 11.4 Å². The van der Waals surface area contributed by atoms with Gasteiger partial charge in [-0.15, -0.1) is 5.10 Å². The third-order valence-corrected chi connectivity index (χ3v) is 4.56. The van der Waals surface area contributed by atoms with Gasteiger partial charge < -0.3 is 5.32 Å². The summed E-state index contributed by atoms with van der Waals surface area (Å²) in [6.07, 6.45) is 8.58. The van der Waals surface area contributed by atoms with Gasteiger partial charge >= 0.3 is 0 Å². The Morgan fingerprint density at radius 2 is 1.88 bits per heavy atom. The molecule has 0 bridgehead atoms. The van der Waals surface area contributed by atoms with E-state index >= 15 is 0 Å². The molecule has 0 radical (unpaired) electrons. The van der Waals surface area contributed by atoms with Crippen LogP contribution in [-0.2, 0) is 9.59 Å². The van der Waals surface area contributed by atoms with Crippen LogP contribution in [0.15, 0.2) is 30.6 Å². The highest BCUT2D eigenvalue weighted by atomic mass is 16.2. The Morgan fingerprint density at radius 1 is 1.19 bits per heavy atom. The predicted molar refractivity (Wildman–Crippen MR) is 100 cm³/mol. The molecular weight excluding hydrogens is 328 g/mol. The molecule has 0 atom stereocenters. The van der Waals surface area contributed by atoms with Crippen LogP contribution >= 0.6 is 0 Å². The Balaban J connectivity index is 1.56. The monoisotopic (exact) mass is 352 g/mol. The number of amides is 1. The quantitative estimate of drug-likeness (QED) is 0.811. The third kappa shape index (κ3) is 4.65. The highest BCUT2D eigenvalue weighted by molar-refractivity contribution is 5.96. The van der Waals surface area contributed by atoms with Crippen LogP contribution in [0, 0.1) is 19.8 Å². The summed E-state index contributed by atoms with van der Waals surface area (Å²) in [4.78, 5) is 28.2. The molecular formula is C20H24N4O2. The second kappa shape index (κ2) is 8.08. The summed E-state index contributed by atoms with van der Waals surface area (Å²) < 4.78 is 1.50. The van der Waals surface area contributed by atoms with Gasteiger partial charge in [0.05, 0.1) is 6.54 Å². The number of benzene rings is 1. The van der Waals surface area contributed by atoms with Gasteiger partial charge in [-0.05, 0) is 38.8 Å². The Morgan fingerprint density at radius 3 is 2.58 bits per heavy atom. The van der Waals surface area contributed by atoms with E-state index in [0.29, 0.717) is 5.82 Å². The molecule has 1 aromatic carbocycles. The van der Waals surface area contributed by atoms with Crippen LogP contribution in [0.1, 0.15) is 36.8 Å². The first kappa shape index (κ1) is 18.0. The van der Waals surface area contributed by atoms with Gasteiger partial charge in [0.15, 0.2) is 11.6 Å². The zero-order valence-electron chi connectivity index (χ0n) is 15.2. The molecule has 1 aromatic heterocycles. The van der Waals surface area contributed by atoms with E-state index in [0.717, 1.165) is 42.4 Å². The van der Waals surface area contributed by atoms with Gasteiger partial charge in [-0.2, -0.15) is 0 Å². The van der Waals surface area contributed by atoms with Crippen molar-refractivity contribution in [2.24, 2.45) is 5.92 Å². The number of aromatic nitrogens is 3. The molecule has 6 heteroatoms. The summed E-state index contributed by atoms with van der Waals surface area (Å²) in [6, 6.07) is 6.15. The summed E-state index contributed by atoms with van der Waals surface area (Å²) in [5.41, 5.74) is 3.25. The van der Waals surface area contributed by atoms with Crippen molar-refractivity contribution in [2.75, 3.05) is 6.54 Å². The maximum Gasteiger partial charge on any atom is 0.223 e. The number of ketones is 1. The molecule has 0 spiro atoms. The zero-order chi connectivity index (χ0) is 18.5. The average Bonchev–Trinajstić information content (AvgIpc) is 3.28. The number of hydrogen-bond acceptors (Lipinski definition) is 4. The summed E-state index contributed by atoms with van der Waals surface area (Å²) in [7, 11) is 0. The Hall–Kier alpha value is -2.76. The Labute approximate surface area is 153 Å². The number of carbonyl (C=O) groups excluding carboxylic acids is 2. The van der Waals surface area contributed by atoms with Crippen molar-refractivity contribution in [1.29, 1.82) is 0 Å². The van der Waals surface area contributed by atoms with E-state index in [9.17, 15) is 9.59 Å². The highest BCUT2D eigenvalue weighted by Gasteiger charge is 2.22. The predicted octanol–water partition coefficient (Wildman–Crippen LogP) is 2.91. The lowest BCUT2D eigenvalue weighted by Gasteiger charge is -2.08. The minimum Gasteiger partial charge on any atom is -0.348 e. The lowest BCUT2D eigenvalue weighted by Crippen LogP contribution is -2.33. The molecule has 2 aromatic rings. The van der Waals surface area contributed by atoms with E-state index in [1.54, 1.807) is 12.5 Å². The molecule has 1 amide bonds. The first-order valence-corrected chi connectivity index (χ1v) is 9.00. The fourth-order valence-electron chi connectivity index (χ4n) is 3.31. The number of nitrogens with zero attached hydrogens (tertiary/aromatic N) is 3. The van der Waals surface area contributed by atoms with E-state index in [-0.39, 0.29) is 24.2 Å². The van der Waals surface area contributed by atoms with E-state index in [1.807, 2.05) is 26.0 Å². The molecule has 6 nitrogen and oxygen atoms in total. The fraction of sp³-hybridized carbons (Fsp3) is 0.400. The molecule has 26 heavy (non-hydrogen) atoms. The van der Waals surface area contributed by atoms with Crippen molar-refractivity contribution in [3.63, 3.8) is 0 Å².